The number of rotatable bonds is 4. The molecule has 2 aromatic heterocycles. The van der Waals surface area contributed by atoms with Crippen molar-refractivity contribution in [3.63, 3.8) is 0 Å². The Labute approximate surface area is 148 Å². The second-order valence-electron chi connectivity index (χ2n) is 5.66. The number of fused-ring (bicyclic) bond motifs is 1. The largest absolute Gasteiger partial charge is 0.377 e. The van der Waals surface area contributed by atoms with Crippen LogP contribution in [0.4, 0.5) is 5.69 Å². The number of H-pyrrole nitrogens is 1. The van der Waals surface area contributed by atoms with Crippen LogP contribution < -0.4 is 10.9 Å². The smallest absolute Gasteiger partial charge is 0.292 e. The van der Waals surface area contributed by atoms with E-state index < -0.39 is 0 Å². The van der Waals surface area contributed by atoms with E-state index in [0.717, 1.165) is 16.6 Å². The van der Waals surface area contributed by atoms with Gasteiger partial charge in [-0.2, -0.15) is 9.78 Å². The van der Waals surface area contributed by atoms with Crippen LogP contribution in [0, 0.1) is 0 Å². The molecule has 0 aliphatic carbocycles. The predicted molar refractivity (Wildman–Crippen MR) is 100 cm³/mol. The van der Waals surface area contributed by atoms with Crippen molar-refractivity contribution in [3.05, 3.63) is 87.9 Å². The Kier molecular flexibility index (Phi) is 3.99. The van der Waals surface area contributed by atoms with Crippen LogP contribution in [0.2, 0.25) is 5.02 Å². The van der Waals surface area contributed by atoms with Crippen LogP contribution in [0.25, 0.3) is 16.6 Å². The summed E-state index contributed by atoms with van der Waals surface area (Å²) in [6, 6.07) is 19.3. The molecule has 0 saturated carbocycles. The minimum absolute atomic E-state index is 0.120. The Balaban J connectivity index is 1.59. The third-order valence-corrected chi connectivity index (χ3v) is 4.34. The van der Waals surface area contributed by atoms with E-state index in [2.05, 4.69) is 21.5 Å². The molecule has 0 atom stereocenters. The first-order valence-electron chi connectivity index (χ1n) is 7.86. The molecule has 2 N–H and O–H groups in total. The maximum absolute atomic E-state index is 12.5. The van der Waals surface area contributed by atoms with Crippen molar-refractivity contribution < 1.29 is 0 Å². The molecule has 5 nitrogen and oxygen atoms in total. The number of nitrogens with zero attached hydrogens (tertiary/aromatic N) is 2. The molecule has 4 aromatic rings. The number of halogens is 1. The van der Waals surface area contributed by atoms with Gasteiger partial charge in [0, 0.05) is 11.2 Å². The lowest BCUT2D eigenvalue weighted by Crippen LogP contribution is -2.22. The third-order valence-electron chi connectivity index (χ3n) is 3.97. The third kappa shape index (κ3) is 3.02. The summed E-state index contributed by atoms with van der Waals surface area (Å²) in [5.74, 6) is 0. The molecular weight excluding hydrogens is 336 g/mol. The van der Waals surface area contributed by atoms with Crippen molar-refractivity contribution >= 4 is 28.2 Å². The topological polar surface area (TPSA) is 62.7 Å². The van der Waals surface area contributed by atoms with Crippen LogP contribution in [-0.2, 0) is 6.54 Å². The highest BCUT2D eigenvalue weighted by Gasteiger charge is 2.10. The summed E-state index contributed by atoms with van der Waals surface area (Å²) in [7, 11) is 0. The molecule has 0 fully saturated rings. The van der Waals surface area contributed by atoms with Gasteiger partial charge in [-0.05, 0) is 29.7 Å². The molecular formula is C19H15ClN4O. The van der Waals surface area contributed by atoms with Crippen molar-refractivity contribution in [2.24, 2.45) is 0 Å². The molecule has 25 heavy (non-hydrogen) atoms. The first-order chi connectivity index (χ1) is 12.2. The van der Waals surface area contributed by atoms with Crippen molar-refractivity contribution in [3.8, 4) is 5.69 Å². The number of hydrogen-bond acceptors (Lipinski definition) is 3. The Hall–Kier alpha value is -3.05. The van der Waals surface area contributed by atoms with E-state index in [1.165, 1.54) is 4.68 Å². The van der Waals surface area contributed by atoms with E-state index in [0.29, 0.717) is 17.9 Å². The number of hydrogen-bond donors (Lipinski definition) is 2. The first-order valence-corrected chi connectivity index (χ1v) is 8.24. The molecule has 4 rings (SSSR count). The fourth-order valence-corrected chi connectivity index (χ4v) is 2.92. The number of nitrogens with one attached hydrogen (secondary N) is 2. The maximum atomic E-state index is 12.5. The van der Waals surface area contributed by atoms with Gasteiger partial charge in [0.25, 0.3) is 5.56 Å². The van der Waals surface area contributed by atoms with Gasteiger partial charge in [-0.15, -0.1) is 0 Å². The molecule has 0 saturated heterocycles. The van der Waals surface area contributed by atoms with Gasteiger partial charge in [-0.25, -0.2) is 0 Å². The lowest BCUT2D eigenvalue weighted by atomic mass is 10.2. The van der Waals surface area contributed by atoms with Crippen molar-refractivity contribution in [2.75, 3.05) is 5.32 Å². The first kappa shape index (κ1) is 15.5. The van der Waals surface area contributed by atoms with Crippen molar-refractivity contribution in [1.82, 2.24) is 14.8 Å². The van der Waals surface area contributed by atoms with E-state index in [-0.39, 0.29) is 10.6 Å². The molecule has 0 aliphatic rings. The molecule has 2 aromatic carbocycles. The molecule has 0 aliphatic heterocycles. The minimum atomic E-state index is -0.352. The Bertz CT molecular complexity index is 1050. The molecule has 6 heteroatoms. The fraction of sp³-hybridized carbons (Fsp3) is 0.0526. The van der Waals surface area contributed by atoms with Crippen LogP contribution in [0.5, 0.6) is 0 Å². The average Bonchev–Trinajstić information content (AvgIpc) is 3.06. The lowest BCUT2D eigenvalue weighted by molar-refractivity contribution is 0.807. The molecule has 0 spiro atoms. The molecule has 2 heterocycles. The van der Waals surface area contributed by atoms with Gasteiger partial charge in [0.05, 0.1) is 24.1 Å². The second kappa shape index (κ2) is 6.45. The molecule has 0 radical (unpaired) electrons. The summed E-state index contributed by atoms with van der Waals surface area (Å²) < 4.78 is 1.29. The van der Waals surface area contributed by atoms with E-state index in [9.17, 15) is 4.79 Å². The van der Waals surface area contributed by atoms with Gasteiger partial charge in [-0.1, -0.05) is 48.0 Å². The number of aromatic nitrogens is 3. The number of aromatic amines is 1. The highest BCUT2D eigenvalue weighted by Crippen LogP contribution is 2.19. The minimum Gasteiger partial charge on any atom is -0.377 e. The van der Waals surface area contributed by atoms with Gasteiger partial charge in [-0.3, -0.25) is 4.79 Å². The zero-order chi connectivity index (χ0) is 17.2. The van der Waals surface area contributed by atoms with E-state index in [1.54, 1.807) is 6.20 Å². The summed E-state index contributed by atoms with van der Waals surface area (Å²) in [6.45, 7) is 0.519. The van der Waals surface area contributed by atoms with E-state index >= 15 is 0 Å². The van der Waals surface area contributed by atoms with Gasteiger partial charge < -0.3 is 10.3 Å². The zero-order valence-electron chi connectivity index (χ0n) is 13.2. The van der Waals surface area contributed by atoms with Crippen LogP contribution in [0.3, 0.4) is 0 Å². The van der Waals surface area contributed by atoms with Crippen LogP contribution >= 0.6 is 11.6 Å². The van der Waals surface area contributed by atoms with Gasteiger partial charge in [0.15, 0.2) is 0 Å². The molecule has 0 bridgehead atoms. The SMILES string of the molecule is O=c1c(Cl)c(NCc2cc3ccccc3[nH]2)cnn1-c1ccccc1. The summed E-state index contributed by atoms with van der Waals surface area (Å²) >= 11 is 6.25. The monoisotopic (exact) mass is 350 g/mol. The fourth-order valence-electron chi connectivity index (χ4n) is 2.73. The highest BCUT2D eigenvalue weighted by atomic mass is 35.5. The second-order valence-corrected chi connectivity index (χ2v) is 6.04. The molecule has 0 unspecified atom stereocenters. The Morgan fingerprint density at radius 2 is 1.84 bits per heavy atom. The molecule has 0 amide bonds. The average molecular weight is 351 g/mol. The summed E-state index contributed by atoms with van der Waals surface area (Å²) in [6.07, 6.45) is 1.57. The number of anilines is 1. The highest BCUT2D eigenvalue weighted by molar-refractivity contribution is 6.32. The van der Waals surface area contributed by atoms with Gasteiger partial charge >= 0.3 is 0 Å². The standard InChI is InChI=1S/C19H15ClN4O/c20-18-17(12-22-24(19(18)25)15-7-2-1-3-8-15)21-11-14-10-13-6-4-5-9-16(13)23-14/h1-10,12,21,23H,11H2. The summed E-state index contributed by atoms with van der Waals surface area (Å²) in [5.41, 5.74) is 2.91. The van der Waals surface area contributed by atoms with Crippen molar-refractivity contribution in [2.45, 2.75) is 6.54 Å². The van der Waals surface area contributed by atoms with E-state index in [1.807, 2.05) is 54.6 Å². The maximum Gasteiger partial charge on any atom is 0.292 e. The lowest BCUT2D eigenvalue weighted by Gasteiger charge is -2.09. The summed E-state index contributed by atoms with van der Waals surface area (Å²) in [5, 5.41) is 8.64. The normalized spacial score (nSPS) is 10.9. The van der Waals surface area contributed by atoms with Crippen LogP contribution in [-0.4, -0.2) is 14.8 Å². The van der Waals surface area contributed by atoms with Crippen molar-refractivity contribution in [1.29, 1.82) is 0 Å². The van der Waals surface area contributed by atoms with E-state index in [4.69, 9.17) is 11.6 Å². The predicted octanol–water partition coefficient (Wildman–Crippen LogP) is 3.98. The Morgan fingerprint density at radius 3 is 2.64 bits per heavy atom. The van der Waals surface area contributed by atoms with Crippen LogP contribution in [0.1, 0.15) is 5.69 Å². The zero-order valence-corrected chi connectivity index (χ0v) is 14.0. The quantitative estimate of drug-likeness (QED) is 0.585. The van der Waals surface area contributed by atoms with Gasteiger partial charge in [0.1, 0.15) is 5.02 Å². The van der Waals surface area contributed by atoms with Crippen LogP contribution in [0.15, 0.2) is 71.7 Å². The summed E-state index contributed by atoms with van der Waals surface area (Å²) in [4.78, 5) is 15.8. The van der Waals surface area contributed by atoms with Gasteiger partial charge in [0.2, 0.25) is 0 Å². The Morgan fingerprint density at radius 1 is 1.08 bits per heavy atom. The molecule has 124 valence electrons. The number of para-hydroxylation sites is 2. The number of benzene rings is 2.